The molecule has 0 radical (unpaired) electrons. The summed E-state index contributed by atoms with van der Waals surface area (Å²) in [5.74, 6) is 0.437. The predicted molar refractivity (Wildman–Crippen MR) is 65.8 cm³/mol. The van der Waals surface area contributed by atoms with E-state index in [4.69, 9.17) is 5.26 Å². The molecule has 0 fully saturated rings. The molecule has 1 aromatic heterocycles. The molecule has 1 heterocycles. The minimum Gasteiger partial charge on any atom is -1.00 e. The van der Waals surface area contributed by atoms with Crippen LogP contribution >= 0.6 is 23.5 Å². The van der Waals surface area contributed by atoms with Gasteiger partial charge in [0.05, 0.1) is 11.8 Å². The first-order valence-electron chi connectivity index (χ1n) is 4.37. The molecule has 16 heavy (non-hydrogen) atoms. The van der Waals surface area contributed by atoms with Crippen molar-refractivity contribution in [1.29, 1.82) is 5.26 Å². The summed E-state index contributed by atoms with van der Waals surface area (Å²) >= 11 is 3.00. The summed E-state index contributed by atoms with van der Waals surface area (Å²) in [5.41, 5.74) is 1.21. The van der Waals surface area contributed by atoms with E-state index in [1.165, 1.54) is 17.3 Å². The SMILES string of the molecule is CS/C(=N\[n+]1ccc(C)cc1)SCC#N.[I-]. The van der Waals surface area contributed by atoms with E-state index in [2.05, 4.69) is 11.2 Å². The van der Waals surface area contributed by atoms with Crippen LogP contribution in [0, 0.1) is 18.3 Å². The lowest BCUT2D eigenvalue weighted by molar-refractivity contribution is -0.678. The number of aromatic nitrogens is 1. The number of hydrogen-bond acceptors (Lipinski definition) is 4. The van der Waals surface area contributed by atoms with E-state index in [9.17, 15) is 0 Å². The van der Waals surface area contributed by atoms with Crippen LogP contribution in [0.5, 0.6) is 0 Å². The van der Waals surface area contributed by atoms with Gasteiger partial charge in [0.15, 0.2) is 4.38 Å². The number of nitriles is 1. The lowest BCUT2D eigenvalue weighted by Crippen LogP contribution is -3.00. The molecular formula is C10H12IN3S2. The van der Waals surface area contributed by atoms with Gasteiger partial charge in [-0.3, -0.25) is 0 Å². The molecular weight excluding hydrogens is 353 g/mol. The second-order valence-electron chi connectivity index (χ2n) is 2.77. The van der Waals surface area contributed by atoms with Crippen molar-refractivity contribution >= 4 is 27.9 Å². The standard InChI is InChI=1S/C10H12N3S2.HI/c1-9-3-6-13(7-4-9)12-10(14-2)15-8-5-11;/h3-4,6-7H,8H2,1-2H3;1H/q+1;/p-1/b12-10+;. The molecule has 0 aromatic carbocycles. The average molecular weight is 365 g/mol. The van der Waals surface area contributed by atoms with Crippen LogP contribution in [0.15, 0.2) is 29.6 Å². The molecule has 0 aliphatic rings. The first-order chi connectivity index (χ1) is 7.26. The Morgan fingerprint density at radius 3 is 2.62 bits per heavy atom. The molecule has 0 unspecified atom stereocenters. The molecule has 3 nitrogen and oxygen atoms in total. The van der Waals surface area contributed by atoms with Crippen LogP contribution in [0.2, 0.25) is 0 Å². The number of nitrogens with zero attached hydrogens (tertiary/aromatic N) is 3. The summed E-state index contributed by atoms with van der Waals surface area (Å²) in [6.45, 7) is 2.04. The Bertz CT molecular complexity index is 384. The van der Waals surface area contributed by atoms with Crippen LogP contribution < -0.4 is 28.7 Å². The lowest BCUT2D eigenvalue weighted by Gasteiger charge is -1.94. The van der Waals surface area contributed by atoms with Gasteiger partial charge in [0, 0.05) is 17.2 Å². The van der Waals surface area contributed by atoms with Crippen molar-refractivity contribution in [3.63, 3.8) is 0 Å². The molecule has 1 rings (SSSR count). The number of rotatable bonds is 2. The maximum absolute atomic E-state index is 8.47. The number of halogens is 1. The number of thioether (sulfide) groups is 2. The average Bonchev–Trinajstić information content (AvgIpc) is 2.27. The number of hydrogen-bond donors (Lipinski definition) is 0. The van der Waals surface area contributed by atoms with E-state index < -0.39 is 0 Å². The molecule has 0 aliphatic carbocycles. The second-order valence-corrected chi connectivity index (χ2v) is 4.79. The van der Waals surface area contributed by atoms with Crippen molar-refractivity contribution in [3.05, 3.63) is 30.1 Å². The summed E-state index contributed by atoms with van der Waals surface area (Å²) in [4.78, 5) is 0. The van der Waals surface area contributed by atoms with Gasteiger partial charge < -0.3 is 24.0 Å². The van der Waals surface area contributed by atoms with Crippen LogP contribution in [-0.4, -0.2) is 16.4 Å². The van der Waals surface area contributed by atoms with Gasteiger partial charge in [0.1, 0.15) is 0 Å². The third-order valence-electron chi connectivity index (χ3n) is 1.61. The largest absolute Gasteiger partial charge is 1.00 e. The van der Waals surface area contributed by atoms with E-state index in [-0.39, 0.29) is 24.0 Å². The fourth-order valence-electron chi connectivity index (χ4n) is 0.877. The number of pyridine rings is 1. The normalized spacial score (nSPS) is 10.4. The molecule has 0 spiro atoms. The summed E-state index contributed by atoms with van der Waals surface area (Å²) in [5, 5.41) is 12.8. The molecule has 1 aromatic rings. The zero-order chi connectivity index (χ0) is 11.1. The molecule has 0 bridgehead atoms. The molecule has 0 aliphatic heterocycles. The lowest BCUT2D eigenvalue weighted by atomic mass is 10.3. The van der Waals surface area contributed by atoms with Gasteiger partial charge in [0.25, 0.3) is 0 Å². The highest BCUT2D eigenvalue weighted by atomic mass is 127. The third-order valence-corrected chi connectivity index (χ3v) is 3.50. The van der Waals surface area contributed by atoms with Crippen molar-refractivity contribution in [3.8, 4) is 6.07 Å². The van der Waals surface area contributed by atoms with Gasteiger partial charge in [-0.1, -0.05) is 28.2 Å². The highest BCUT2D eigenvalue weighted by Crippen LogP contribution is 2.12. The minimum atomic E-state index is 0. The summed E-state index contributed by atoms with van der Waals surface area (Å²) in [6.07, 6.45) is 5.76. The Morgan fingerprint density at radius 2 is 2.12 bits per heavy atom. The molecule has 0 amide bonds. The van der Waals surface area contributed by atoms with Gasteiger partial charge in [-0.2, -0.15) is 5.26 Å². The van der Waals surface area contributed by atoms with Crippen molar-refractivity contribution < 1.29 is 28.7 Å². The Labute approximate surface area is 121 Å². The van der Waals surface area contributed by atoms with E-state index in [1.54, 1.807) is 16.4 Å². The van der Waals surface area contributed by atoms with Crippen LogP contribution in [0.3, 0.4) is 0 Å². The van der Waals surface area contributed by atoms with E-state index >= 15 is 0 Å². The van der Waals surface area contributed by atoms with E-state index in [1.807, 2.05) is 37.7 Å². The minimum absolute atomic E-state index is 0. The van der Waals surface area contributed by atoms with E-state index in [0.717, 1.165) is 4.38 Å². The quantitative estimate of drug-likeness (QED) is 0.293. The van der Waals surface area contributed by atoms with Crippen molar-refractivity contribution in [2.45, 2.75) is 6.92 Å². The third kappa shape index (κ3) is 5.72. The van der Waals surface area contributed by atoms with Crippen molar-refractivity contribution in [2.24, 2.45) is 5.10 Å². The monoisotopic (exact) mass is 365 g/mol. The first kappa shape index (κ1) is 15.7. The topological polar surface area (TPSA) is 40.0 Å². The summed E-state index contributed by atoms with van der Waals surface area (Å²) in [6, 6.07) is 6.08. The van der Waals surface area contributed by atoms with E-state index in [0.29, 0.717) is 5.75 Å². The smallest absolute Gasteiger partial charge is 0.202 e. The second kappa shape index (κ2) is 8.84. The molecule has 0 N–H and O–H groups in total. The molecule has 0 atom stereocenters. The fraction of sp³-hybridized carbons (Fsp3) is 0.300. The molecule has 0 saturated carbocycles. The highest BCUT2D eigenvalue weighted by Gasteiger charge is 2.03. The molecule has 0 saturated heterocycles. The maximum Gasteiger partial charge on any atom is 0.202 e. The first-order valence-corrected chi connectivity index (χ1v) is 6.58. The number of aryl methyl sites for hydroxylation is 1. The zero-order valence-electron chi connectivity index (χ0n) is 9.05. The Kier molecular flexibility index (Phi) is 8.70. The highest BCUT2D eigenvalue weighted by molar-refractivity contribution is 8.38. The zero-order valence-corrected chi connectivity index (χ0v) is 12.8. The summed E-state index contributed by atoms with van der Waals surface area (Å²) < 4.78 is 2.65. The van der Waals surface area contributed by atoms with Gasteiger partial charge in [0.2, 0.25) is 12.4 Å². The van der Waals surface area contributed by atoms with Gasteiger partial charge in [-0.25, -0.2) is 0 Å². The Hall–Kier alpha value is -0.260. The van der Waals surface area contributed by atoms with Gasteiger partial charge in [-0.05, 0) is 18.7 Å². The van der Waals surface area contributed by atoms with Crippen molar-refractivity contribution in [1.82, 2.24) is 0 Å². The van der Waals surface area contributed by atoms with Crippen LogP contribution in [0.25, 0.3) is 0 Å². The van der Waals surface area contributed by atoms with Gasteiger partial charge in [-0.15, -0.1) is 0 Å². The van der Waals surface area contributed by atoms with Crippen LogP contribution in [-0.2, 0) is 0 Å². The molecule has 6 heteroatoms. The predicted octanol–water partition coefficient (Wildman–Crippen LogP) is -0.975. The molecule has 86 valence electrons. The fourth-order valence-corrected chi connectivity index (χ4v) is 2.04. The Balaban J connectivity index is 0.00000225. The van der Waals surface area contributed by atoms with Gasteiger partial charge >= 0.3 is 0 Å². The maximum atomic E-state index is 8.47. The Morgan fingerprint density at radius 1 is 1.50 bits per heavy atom. The van der Waals surface area contributed by atoms with Crippen LogP contribution in [0.1, 0.15) is 5.56 Å². The van der Waals surface area contributed by atoms with Crippen molar-refractivity contribution in [2.75, 3.05) is 12.0 Å². The summed E-state index contributed by atoms with van der Waals surface area (Å²) in [7, 11) is 0. The van der Waals surface area contributed by atoms with Crippen LogP contribution in [0.4, 0.5) is 0 Å².